The van der Waals surface area contributed by atoms with Gasteiger partial charge in [0.15, 0.2) is 0 Å². The van der Waals surface area contributed by atoms with E-state index < -0.39 is 5.97 Å². The fraction of sp³-hybridized carbons (Fsp3) is 0.500. The SMILES string of the molecule is C=C(C)C(=O)OCC1CO1.[CH2]CC(=O)O. The van der Waals surface area contributed by atoms with Crippen LogP contribution in [-0.2, 0) is 19.1 Å². The first-order valence-electron chi connectivity index (χ1n) is 4.42. The number of esters is 1. The number of ether oxygens (including phenoxy) is 2. The highest BCUT2D eigenvalue weighted by Crippen LogP contribution is 2.09. The quantitative estimate of drug-likeness (QED) is 0.426. The Hall–Kier alpha value is -1.36. The van der Waals surface area contributed by atoms with E-state index in [2.05, 4.69) is 13.5 Å². The summed E-state index contributed by atoms with van der Waals surface area (Å²) in [5.74, 6) is -1.19. The minimum atomic E-state index is -0.856. The van der Waals surface area contributed by atoms with Gasteiger partial charge in [-0.15, -0.1) is 0 Å². The molecule has 0 spiro atoms. The minimum absolute atomic E-state index is 0.0278. The monoisotopic (exact) mass is 215 g/mol. The van der Waals surface area contributed by atoms with Crippen LogP contribution >= 0.6 is 0 Å². The predicted molar refractivity (Wildman–Crippen MR) is 53.1 cm³/mol. The average molecular weight is 215 g/mol. The van der Waals surface area contributed by atoms with E-state index >= 15 is 0 Å². The van der Waals surface area contributed by atoms with E-state index in [0.717, 1.165) is 0 Å². The lowest BCUT2D eigenvalue weighted by Gasteiger charge is -1.99. The molecule has 1 radical (unpaired) electrons. The van der Waals surface area contributed by atoms with Gasteiger partial charge in [-0.2, -0.15) is 0 Å². The number of hydrogen-bond donors (Lipinski definition) is 1. The highest BCUT2D eigenvalue weighted by Gasteiger charge is 2.24. The van der Waals surface area contributed by atoms with Gasteiger partial charge in [0.1, 0.15) is 12.7 Å². The number of carboxylic acids is 1. The van der Waals surface area contributed by atoms with Crippen molar-refractivity contribution in [3.8, 4) is 0 Å². The van der Waals surface area contributed by atoms with Crippen molar-refractivity contribution in [1.29, 1.82) is 0 Å². The van der Waals surface area contributed by atoms with E-state index in [1.807, 2.05) is 0 Å². The van der Waals surface area contributed by atoms with Crippen LogP contribution in [0.2, 0.25) is 0 Å². The summed E-state index contributed by atoms with van der Waals surface area (Å²) in [7, 11) is 0. The molecular formula is C10H15O5. The molecule has 1 aliphatic heterocycles. The zero-order valence-electron chi connectivity index (χ0n) is 8.69. The molecule has 1 rings (SSSR count). The van der Waals surface area contributed by atoms with Crippen LogP contribution in [0, 0.1) is 6.92 Å². The lowest BCUT2D eigenvalue weighted by molar-refractivity contribution is -0.139. The Labute approximate surface area is 88.7 Å². The highest BCUT2D eigenvalue weighted by atomic mass is 16.6. The van der Waals surface area contributed by atoms with E-state index in [4.69, 9.17) is 14.6 Å². The number of carboxylic acid groups (broad SMARTS) is 1. The van der Waals surface area contributed by atoms with Crippen molar-refractivity contribution in [2.45, 2.75) is 19.4 Å². The highest BCUT2D eigenvalue weighted by molar-refractivity contribution is 5.86. The maximum atomic E-state index is 10.7. The topological polar surface area (TPSA) is 76.1 Å². The first-order chi connectivity index (χ1) is 6.97. The molecule has 0 aromatic carbocycles. The van der Waals surface area contributed by atoms with Crippen molar-refractivity contribution in [3.05, 3.63) is 19.1 Å². The van der Waals surface area contributed by atoms with E-state index in [9.17, 15) is 9.59 Å². The Bertz CT molecular complexity index is 242. The zero-order valence-corrected chi connectivity index (χ0v) is 8.69. The Morgan fingerprint density at radius 3 is 2.33 bits per heavy atom. The predicted octanol–water partition coefficient (Wildman–Crippen LogP) is 0.800. The molecule has 5 nitrogen and oxygen atoms in total. The fourth-order valence-electron chi connectivity index (χ4n) is 0.456. The molecule has 1 unspecified atom stereocenters. The van der Waals surface area contributed by atoms with Gasteiger partial charge >= 0.3 is 11.9 Å². The van der Waals surface area contributed by atoms with Crippen LogP contribution in [0.3, 0.4) is 0 Å². The van der Waals surface area contributed by atoms with E-state index in [1.165, 1.54) is 0 Å². The van der Waals surface area contributed by atoms with Crippen LogP contribution in [0.4, 0.5) is 0 Å². The van der Waals surface area contributed by atoms with Crippen molar-refractivity contribution < 1.29 is 24.2 Å². The van der Waals surface area contributed by atoms with Gasteiger partial charge in [-0.25, -0.2) is 4.79 Å². The second-order valence-electron chi connectivity index (χ2n) is 2.98. The Morgan fingerprint density at radius 1 is 1.60 bits per heavy atom. The number of aliphatic carboxylic acids is 1. The Kier molecular flexibility index (Phi) is 6.37. The molecule has 5 heteroatoms. The average Bonchev–Trinajstić information content (AvgIpc) is 2.98. The first-order valence-corrected chi connectivity index (χ1v) is 4.42. The lowest BCUT2D eigenvalue weighted by Crippen LogP contribution is -2.09. The van der Waals surface area contributed by atoms with Gasteiger partial charge in [-0.1, -0.05) is 6.58 Å². The number of hydrogen-bond acceptors (Lipinski definition) is 4. The molecule has 0 bridgehead atoms. The van der Waals surface area contributed by atoms with Gasteiger partial charge in [0.25, 0.3) is 0 Å². The molecule has 1 heterocycles. The fourth-order valence-corrected chi connectivity index (χ4v) is 0.456. The molecule has 0 saturated carbocycles. The zero-order chi connectivity index (χ0) is 11.8. The van der Waals surface area contributed by atoms with Gasteiger partial charge in [0, 0.05) is 12.0 Å². The second kappa shape index (κ2) is 7.00. The van der Waals surface area contributed by atoms with E-state index in [-0.39, 0.29) is 18.5 Å². The largest absolute Gasteiger partial charge is 0.481 e. The molecule has 15 heavy (non-hydrogen) atoms. The van der Waals surface area contributed by atoms with Crippen LogP contribution in [0.25, 0.3) is 0 Å². The van der Waals surface area contributed by atoms with Crippen molar-refractivity contribution in [3.63, 3.8) is 0 Å². The van der Waals surface area contributed by atoms with Gasteiger partial charge in [0.2, 0.25) is 0 Å². The smallest absolute Gasteiger partial charge is 0.333 e. The van der Waals surface area contributed by atoms with Crippen molar-refractivity contribution >= 4 is 11.9 Å². The molecule has 85 valence electrons. The molecule has 0 amide bonds. The molecule has 1 aliphatic rings. The maximum absolute atomic E-state index is 10.7. The second-order valence-corrected chi connectivity index (χ2v) is 2.98. The third-order valence-electron chi connectivity index (χ3n) is 1.37. The molecule has 0 aromatic heterocycles. The standard InChI is InChI=1S/C7H10O3.C3H5O2/c1-5(2)7(8)10-4-6-3-9-6;1-2-3(4)5/h6H,1,3-4H2,2H3;1-2H2,(H,4,5). The van der Waals surface area contributed by atoms with Gasteiger partial charge in [-0.3, -0.25) is 4.79 Å². The molecular weight excluding hydrogens is 200 g/mol. The lowest BCUT2D eigenvalue weighted by atomic mass is 10.4. The van der Waals surface area contributed by atoms with E-state index in [0.29, 0.717) is 18.8 Å². The summed E-state index contributed by atoms with van der Waals surface area (Å²) in [6.07, 6.45) is 0.114. The molecule has 0 aliphatic carbocycles. The van der Waals surface area contributed by atoms with E-state index in [1.54, 1.807) is 6.92 Å². The van der Waals surface area contributed by atoms with Crippen LogP contribution in [0.1, 0.15) is 13.3 Å². The van der Waals surface area contributed by atoms with Crippen LogP contribution in [-0.4, -0.2) is 36.4 Å². The summed E-state index contributed by atoms with van der Waals surface area (Å²) in [6, 6.07) is 0. The van der Waals surface area contributed by atoms with Crippen molar-refractivity contribution in [2.24, 2.45) is 0 Å². The number of carbonyl (C=O) groups excluding carboxylic acids is 1. The minimum Gasteiger partial charge on any atom is -0.481 e. The summed E-state index contributed by atoms with van der Waals surface area (Å²) in [5, 5.41) is 7.66. The van der Waals surface area contributed by atoms with Crippen molar-refractivity contribution in [2.75, 3.05) is 13.2 Å². The van der Waals surface area contributed by atoms with Crippen LogP contribution in [0.5, 0.6) is 0 Å². The summed E-state index contributed by atoms with van der Waals surface area (Å²) in [6.45, 7) is 9.22. The summed E-state index contributed by atoms with van der Waals surface area (Å²) in [5.41, 5.74) is 0.431. The molecule has 1 saturated heterocycles. The molecule has 1 N–H and O–H groups in total. The maximum Gasteiger partial charge on any atom is 0.333 e. The van der Waals surface area contributed by atoms with Gasteiger partial charge in [0.05, 0.1) is 6.61 Å². The normalized spacial score (nSPS) is 17.1. The number of rotatable bonds is 4. The van der Waals surface area contributed by atoms with Crippen LogP contribution < -0.4 is 0 Å². The van der Waals surface area contributed by atoms with Crippen molar-refractivity contribution in [1.82, 2.24) is 0 Å². The molecule has 0 aromatic rings. The molecule has 1 atom stereocenters. The Balaban J connectivity index is 0.000000336. The summed E-state index contributed by atoms with van der Waals surface area (Å²) < 4.78 is 9.60. The summed E-state index contributed by atoms with van der Waals surface area (Å²) >= 11 is 0. The first kappa shape index (κ1) is 13.6. The van der Waals surface area contributed by atoms with Gasteiger partial charge < -0.3 is 14.6 Å². The number of epoxide rings is 1. The van der Waals surface area contributed by atoms with Crippen LogP contribution in [0.15, 0.2) is 12.2 Å². The number of carbonyl (C=O) groups is 2. The van der Waals surface area contributed by atoms with Gasteiger partial charge in [-0.05, 0) is 13.8 Å². The third kappa shape index (κ3) is 8.96. The Morgan fingerprint density at radius 2 is 2.07 bits per heavy atom. The summed E-state index contributed by atoms with van der Waals surface area (Å²) in [4.78, 5) is 20.0. The molecule has 1 fully saturated rings. The third-order valence-corrected chi connectivity index (χ3v) is 1.37.